The second kappa shape index (κ2) is 8.56. The van der Waals surface area contributed by atoms with Crippen molar-refractivity contribution in [3.05, 3.63) is 41.2 Å². The molecule has 0 spiro atoms. The van der Waals surface area contributed by atoms with E-state index in [9.17, 15) is 4.79 Å². The highest BCUT2D eigenvalue weighted by Gasteiger charge is 2.26. The van der Waals surface area contributed by atoms with Gasteiger partial charge in [-0.25, -0.2) is 0 Å². The summed E-state index contributed by atoms with van der Waals surface area (Å²) in [6, 6.07) is 7.50. The molecule has 0 saturated carbocycles. The fraction of sp³-hybridized carbons (Fsp3) is 0.429. The zero-order valence-electron chi connectivity index (χ0n) is 17.3. The van der Waals surface area contributed by atoms with Crippen LogP contribution < -0.4 is 19.5 Å². The average Bonchev–Trinajstić information content (AvgIpc) is 3.35. The van der Waals surface area contributed by atoms with Crippen LogP contribution in [0.15, 0.2) is 24.3 Å². The number of ether oxygens (including phenoxy) is 3. The highest BCUT2D eigenvalue weighted by molar-refractivity contribution is 5.76. The van der Waals surface area contributed by atoms with Gasteiger partial charge in [0.2, 0.25) is 11.8 Å². The predicted octanol–water partition coefficient (Wildman–Crippen LogP) is 2.28. The van der Waals surface area contributed by atoms with Gasteiger partial charge in [0.1, 0.15) is 0 Å². The van der Waals surface area contributed by atoms with E-state index in [4.69, 9.17) is 14.2 Å². The first-order chi connectivity index (χ1) is 14.6. The van der Waals surface area contributed by atoms with Gasteiger partial charge in [0.05, 0.1) is 27.4 Å². The molecule has 2 heterocycles. The van der Waals surface area contributed by atoms with Crippen molar-refractivity contribution in [3.63, 3.8) is 0 Å². The first-order valence-electron chi connectivity index (χ1n) is 9.92. The fourth-order valence-corrected chi connectivity index (χ4v) is 3.84. The molecule has 9 nitrogen and oxygen atoms in total. The summed E-state index contributed by atoms with van der Waals surface area (Å²) in [5.41, 5.74) is 2.94. The van der Waals surface area contributed by atoms with Gasteiger partial charge in [-0.15, -0.1) is 15.3 Å². The van der Waals surface area contributed by atoms with E-state index in [-0.39, 0.29) is 11.9 Å². The molecule has 0 aliphatic heterocycles. The molecular formula is C21H25N5O4. The summed E-state index contributed by atoms with van der Waals surface area (Å²) in [6.45, 7) is 0. The van der Waals surface area contributed by atoms with Crippen molar-refractivity contribution < 1.29 is 19.0 Å². The monoisotopic (exact) mass is 411 g/mol. The van der Waals surface area contributed by atoms with Crippen molar-refractivity contribution >= 4 is 11.6 Å². The molecule has 1 aliphatic rings. The Kier molecular flexibility index (Phi) is 5.69. The molecule has 9 heteroatoms. The van der Waals surface area contributed by atoms with E-state index in [0.717, 1.165) is 18.4 Å². The maximum Gasteiger partial charge on any atom is 0.231 e. The molecule has 0 unspecified atom stereocenters. The van der Waals surface area contributed by atoms with Crippen LogP contribution in [0.1, 0.15) is 42.3 Å². The number of aryl methyl sites for hydroxylation is 2. The molecule has 4 rings (SSSR count). The Morgan fingerprint density at radius 2 is 1.93 bits per heavy atom. The van der Waals surface area contributed by atoms with Crippen molar-refractivity contribution in [2.75, 3.05) is 21.3 Å². The number of aromatic nitrogens is 4. The smallest absolute Gasteiger partial charge is 0.231 e. The normalized spacial score (nSPS) is 15.1. The number of carbonyl (C=O) groups is 1. The molecule has 158 valence electrons. The number of hydrogen-bond acceptors (Lipinski definition) is 7. The van der Waals surface area contributed by atoms with Crippen LogP contribution in [0, 0.1) is 0 Å². The lowest BCUT2D eigenvalue weighted by atomic mass is 10.1. The SMILES string of the molecule is COc1ccc2nnc(CCCC(=O)N[C@@H]3CCc4cc(OC)c(OC)cc43)n2n1. The number of rotatable bonds is 8. The Labute approximate surface area is 174 Å². The molecule has 1 atom stereocenters. The van der Waals surface area contributed by atoms with Crippen LogP contribution in [-0.2, 0) is 17.6 Å². The quantitative estimate of drug-likeness (QED) is 0.607. The molecule has 30 heavy (non-hydrogen) atoms. The number of nitrogens with zero attached hydrogens (tertiary/aromatic N) is 4. The Morgan fingerprint density at radius 1 is 1.13 bits per heavy atom. The summed E-state index contributed by atoms with van der Waals surface area (Å²) < 4.78 is 17.6. The summed E-state index contributed by atoms with van der Waals surface area (Å²) in [6.07, 6.45) is 3.42. The van der Waals surface area contributed by atoms with E-state index in [0.29, 0.717) is 48.1 Å². The second-order valence-corrected chi connectivity index (χ2v) is 7.18. The third-order valence-corrected chi connectivity index (χ3v) is 5.37. The van der Waals surface area contributed by atoms with Gasteiger partial charge in [-0.05, 0) is 48.6 Å². The number of amides is 1. The van der Waals surface area contributed by atoms with Gasteiger partial charge in [0, 0.05) is 18.9 Å². The molecule has 1 aliphatic carbocycles. The minimum absolute atomic E-state index is 0.00726. The number of fused-ring (bicyclic) bond motifs is 2. The lowest BCUT2D eigenvalue weighted by Crippen LogP contribution is -2.27. The van der Waals surface area contributed by atoms with Crippen LogP contribution in [0.25, 0.3) is 5.65 Å². The number of benzene rings is 1. The summed E-state index contributed by atoms with van der Waals surface area (Å²) in [5.74, 6) is 2.61. The molecular weight excluding hydrogens is 386 g/mol. The molecule has 1 N–H and O–H groups in total. The molecule has 0 fully saturated rings. The minimum atomic E-state index is -0.00726. The van der Waals surface area contributed by atoms with E-state index in [1.807, 2.05) is 12.1 Å². The van der Waals surface area contributed by atoms with Crippen molar-refractivity contribution in [2.45, 2.75) is 38.1 Å². The van der Waals surface area contributed by atoms with E-state index < -0.39 is 0 Å². The van der Waals surface area contributed by atoms with E-state index in [2.05, 4.69) is 20.6 Å². The number of carbonyl (C=O) groups excluding carboxylic acids is 1. The van der Waals surface area contributed by atoms with Crippen molar-refractivity contribution in [2.24, 2.45) is 0 Å². The van der Waals surface area contributed by atoms with Gasteiger partial charge < -0.3 is 19.5 Å². The summed E-state index contributed by atoms with van der Waals surface area (Å²) >= 11 is 0. The maximum atomic E-state index is 12.5. The number of hydrogen-bond donors (Lipinski definition) is 1. The van der Waals surface area contributed by atoms with Crippen LogP contribution in [0.2, 0.25) is 0 Å². The zero-order valence-corrected chi connectivity index (χ0v) is 17.3. The summed E-state index contributed by atoms with van der Waals surface area (Å²) in [5, 5.41) is 15.8. The first kappa shape index (κ1) is 19.9. The minimum Gasteiger partial charge on any atom is -0.493 e. The highest BCUT2D eigenvalue weighted by atomic mass is 16.5. The van der Waals surface area contributed by atoms with Gasteiger partial charge in [0.15, 0.2) is 23.0 Å². The average molecular weight is 411 g/mol. The first-order valence-corrected chi connectivity index (χ1v) is 9.92. The Hall–Kier alpha value is -3.36. The maximum absolute atomic E-state index is 12.5. The van der Waals surface area contributed by atoms with E-state index in [1.54, 1.807) is 38.0 Å². The fourth-order valence-electron chi connectivity index (χ4n) is 3.84. The van der Waals surface area contributed by atoms with Crippen LogP contribution in [0.3, 0.4) is 0 Å². The molecule has 0 radical (unpaired) electrons. The van der Waals surface area contributed by atoms with Crippen molar-refractivity contribution in [1.29, 1.82) is 0 Å². The molecule has 3 aromatic rings. The van der Waals surface area contributed by atoms with Gasteiger partial charge in [0.25, 0.3) is 0 Å². The van der Waals surface area contributed by atoms with Gasteiger partial charge in [-0.1, -0.05) is 0 Å². The van der Waals surface area contributed by atoms with Crippen LogP contribution in [0.4, 0.5) is 0 Å². The number of nitrogens with one attached hydrogen (secondary N) is 1. The molecule has 1 aromatic carbocycles. The van der Waals surface area contributed by atoms with E-state index in [1.165, 1.54) is 5.56 Å². The molecule has 1 amide bonds. The summed E-state index contributed by atoms with van der Waals surface area (Å²) in [4.78, 5) is 12.5. The standard InChI is InChI=1S/C21H25N5O4/c1-28-16-11-13-7-8-15(14(13)12-17(16)29-2)22-20(27)6-4-5-18-23-24-19-9-10-21(30-3)25-26(18)19/h9-12,15H,4-8H2,1-3H3,(H,22,27)/t15-/m1/s1. The number of methoxy groups -OCH3 is 3. The lowest BCUT2D eigenvalue weighted by Gasteiger charge is -2.16. The zero-order chi connectivity index (χ0) is 21.1. The molecule has 0 bridgehead atoms. The van der Waals surface area contributed by atoms with Crippen molar-refractivity contribution in [1.82, 2.24) is 25.1 Å². The highest BCUT2D eigenvalue weighted by Crippen LogP contribution is 2.39. The lowest BCUT2D eigenvalue weighted by molar-refractivity contribution is -0.121. The topological polar surface area (TPSA) is 99.9 Å². The third-order valence-electron chi connectivity index (χ3n) is 5.37. The van der Waals surface area contributed by atoms with Crippen LogP contribution >= 0.6 is 0 Å². The van der Waals surface area contributed by atoms with Gasteiger partial charge in [-0.3, -0.25) is 4.79 Å². The van der Waals surface area contributed by atoms with Crippen LogP contribution in [0.5, 0.6) is 17.4 Å². The van der Waals surface area contributed by atoms with Gasteiger partial charge >= 0.3 is 0 Å². The van der Waals surface area contributed by atoms with E-state index >= 15 is 0 Å². The second-order valence-electron chi connectivity index (χ2n) is 7.18. The van der Waals surface area contributed by atoms with Crippen molar-refractivity contribution in [3.8, 4) is 17.4 Å². The van der Waals surface area contributed by atoms with Gasteiger partial charge in [-0.2, -0.15) is 4.52 Å². The Morgan fingerprint density at radius 3 is 2.70 bits per heavy atom. The summed E-state index contributed by atoms with van der Waals surface area (Å²) in [7, 11) is 4.81. The molecule has 2 aromatic heterocycles. The Balaban J connectivity index is 1.36. The van der Waals surface area contributed by atoms with Crippen LogP contribution in [-0.4, -0.2) is 47.0 Å². The Bertz CT molecular complexity index is 1060. The largest absolute Gasteiger partial charge is 0.493 e. The molecule has 0 saturated heterocycles. The predicted molar refractivity (Wildman–Crippen MR) is 109 cm³/mol. The third kappa shape index (κ3) is 3.87.